The Kier molecular flexibility index (Phi) is 2.38. The van der Waals surface area contributed by atoms with Crippen molar-refractivity contribution in [2.45, 2.75) is 18.9 Å². The van der Waals surface area contributed by atoms with Crippen LogP contribution in [0.25, 0.3) is 0 Å². The molecule has 0 atom stereocenters. The lowest BCUT2D eigenvalue weighted by molar-refractivity contribution is 0.482. The molecule has 1 aromatic heterocycles. The molecule has 4 heteroatoms. The molecule has 0 saturated carbocycles. The number of nitrogen functional groups attached to an aromatic ring is 1. The van der Waals surface area contributed by atoms with Gasteiger partial charge in [0, 0.05) is 0 Å². The van der Waals surface area contributed by atoms with Gasteiger partial charge in [0.2, 0.25) is 0 Å². The number of aromatic nitrogens is 2. The van der Waals surface area contributed by atoms with Crippen molar-refractivity contribution in [3.63, 3.8) is 0 Å². The molecule has 0 aliphatic heterocycles. The number of hydrogen-bond acceptors (Lipinski definition) is 2. The Morgan fingerprint density at radius 2 is 1.88 bits per heavy atom. The van der Waals surface area contributed by atoms with E-state index >= 15 is 0 Å². The van der Waals surface area contributed by atoms with Crippen molar-refractivity contribution >= 4 is 28.4 Å². The summed E-state index contributed by atoms with van der Waals surface area (Å²) >= 11 is 2.22. The van der Waals surface area contributed by atoms with Gasteiger partial charge < -0.3 is 5.73 Å². The van der Waals surface area contributed by atoms with E-state index in [4.69, 9.17) is 5.73 Å². The fourth-order valence-corrected chi connectivity index (χ4v) is 2.72. The lowest BCUT2D eigenvalue weighted by Crippen LogP contribution is -2.13. The molecule has 0 fully saturated rings. The largest absolute Gasteiger partial charge is 0.383 e. The minimum Gasteiger partial charge on any atom is -0.383 e. The number of anilines is 1. The van der Waals surface area contributed by atoms with E-state index in [1.165, 1.54) is 11.1 Å². The topological polar surface area (TPSA) is 43.8 Å². The summed E-state index contributed by atoms with van der Waals surface area (Å²) in [6.07, 6.45) is 3.91. The van der Waals surface area contributed by atoms with Crippen LogP contribution in [-0.2, 0) is 12.8 Å². The normalized spacial score (nSPS) is 15.3. The van der Waals surface area contributed by atoms with Crippen molar-refractivity contribution in [3.05, 3.63) is 45.2 Å². The van der Waals surface area contributed by atoms with Crippen LogP contribution >= 0.6 is 22.6 Å². The van der Waals surface area contributed by atoms with E-state index in [0.717, 1.165) is 22.2 Å². The van der Waals surface area contributed by atoms with Gasteiger partial charge in [0.15, 0.2) is 0 Å². The molecule has 3 nitrogen and oxygen atoms in total. The van der Waals surface area contributed by atoms with Crippen molar-refractivity contribution in [2.75, 3.05) is 5.73 Å². The smallest absolute Gasteiger partial charge is 0.135 e. The zero-order valence-electron chi connectivity index (χ0n) is 8.73. The van der Waals surface area contributed by atoms with Crippen LogP contribution in [0.2, 0.25) is 0 Å². The Hall–Kier alpha value is -1.04. The predicted octanol–water partition coefficient (Wildman–Crippen LogP) is 2.41. The van der Waals surface area contributed by atoms with Gasteiger partial charge in [-0.05, 0) is 46.6 Å². The van der Waals surface area contributed by atoms with E-state index < -0.39 is 0 Å². The molecule has 2 N–H and O–H groups in total. The molecular formula is C12H12IN3. The fourth-order valence-electron chi connectivity index (χ4n) is 2.35. The van der Waals surface area contributed by atoms with Crippen molar-refractivity contribution < 1.29 is 0 Å². The third kappa shape index (κ3) is 1.52. The van der Waals surface area contributed by atoms with Gasteiger partial charge in [-0.25, -0.2) is 4.68 Å². The summed E-state index contributed by atoms with van der Waals surface area (Å²) in [6, 6.07) is 8.97. The number of rotatable bonds is 1. The maximum absolute atomic E-state index is 6.01. The van der Waals surface area contributed by atoms with Crippen molar-refractivity contribution in [2.24, 2.45) is 0 Å². The minimum atomic E-state index is 0.390. The highest BCUT2D eigenvalue weighted by Crippen LogP contribution is 2.31. The molecule has 1 aliphatic carbocycles. The molecule has 0 unspecified atom stereocenters. The molecule has 0 spiro atoms. The molecule has 16 heavy (non-hydrogen) atoms. The molecule has 0 radical (unpaired) electrons. The Labute approximate surface area is 108 Å². The first-order valence-electron chi connectivity index (χ1n) is 5.31. The number of nitrogens with zero attached hydrogens (tertiary/aromatic N) is 2. The van der Waals surface area contributed by atoms with Gasteiger partial charge >= 0.3 is 0 Å². The average molecular weight is 325 g/mol. The summed E-state index contributed by atoms with van der Waals surface area (Å²) in [5.74, 6) is 0.790. The first kappa shape index (κ1) is 10.1. The lowest BCUT2D eigenvalue weighted by atomic mass is 10.1. The second kappa shape index (κ2) is 3.76. The molecule has 0 amide bonds. The van der Waals surface area contributed by atoms with Gasteiger partial charge in [-0.3, -0.25) is 0 Å². The fraction of sp³-hybridized carbons (Fsp3) is 0.250. The van der Waals surface area contributed by atoms with Gasteiger partial charge in [0.05, 0.1) is 15.8 Å². The van der Waals surface area contributed by atoms with Crippen LogP contribution in [-0.4, -0.2) is 9.78 Å². The molecule has 1 aromatic carbocycles. The van der Waals surface area contributed by atoms with Crippen molar-refractivity contribution in [3.8, 4) is 0 Å². The summed E-state index contributed by atoms with van der Waals surface area (Å²) in [5, 5.41) is 4.36. The first-order valence-corrected chi connectivity index (χ1v) is 6.39. The minimum absolute atomic E-state index is 0.390. The van der Waals surface area contributed by atoms with Crippen molar-refractivity contribution in [1.29, 1.82) is 0 Å². The summed E-state index contributed by atoms with van der Waals surface area (Å²) in [4.78, 5) is 0. The van der Waals surface area contributed by atoms with Gasteiger partial charge in [-0.1, -0.05) is 24.3 Å². The maximum atomic E-state index is 6.01. The van der Waals surface area contributed by atoms with Crippen LogP contribution in [0.4, 0.5) is 5.82 Å². The predicted molar refractivity (Wildman–Crippen MR) is 72.2 cm³/mol. The summed E-state index contributed by atoms with van der Waals surface area (Å²) < 4.78 is 3.00. The van der Waals surface area contributed by atoms with E-state index in [1.807, 2.05) is 10.9 Å². The van der Waals surface area contributed by atoms with Gasteiger partial charge in [0.1, 0.15) is 5.82 Å². The highest BCUT2D eigenvalue weighted by atomic mass is 127. The standard InChI is InChI=1S/C12H12IN3/c13-11-7-15-16(12(11)14)10-5-8-3-1-2-4-9(8)6-10/h1-4,7,10H,5-6,14H2. The summed E-state index contributed by atoms with van der Waals surface area (Å²) in [6.45, 7) is 0. The van der Waals surface area contributed by atoms with Gasteiger partial charge in [-0.15, -0.1) is 0 Å². The van der Waals surface area contributed by atoms with Crippen LogP contribution in [0.1, 0.15) is 17.2 Å². The Morgan fingerprint density at radius 1 is 1.25 bits per heavy atom. The third-order valence-electron chi connectivity index (χ3n) is 3.16. The molecule has 0 saturated heterocycles. The first-order chi connectivity index (χ1) is 7.75. The number of nitrogens with two attached hydrogens (primary N) is 1. The molecule has 1 aliphatic rings. The van der Waals surface area contributed by atoms with Crippen LogP contribution in [0.5, 0.6) is 0 Å². The summed E-state index contributed by atoms with van der Waals surface area (Å²) in [5.41, 5.74) is 8.87. The number of fused-ring (bicyclic) bond motifs is 1. The second-order valence-electron chi connectivity index (χ2n) is 4.15. The average Bonchev–Trinajstić information content (AvgIpc) is 2.84. The zero-order valence-corrected chi connectivity index (χ0v) is 10.9. The van der Waals surface area contributed by atoms with Crippen molar-refractivity contribution in [1.82, 2.24) is 9.78 Å². The highest BCUT2D eigenvalue weighted by molar-refractivity contribution is 14.1. The molecule has 2 aromatic rings. The molecule has 3 rings (SSSR count). The quantitative estimate of drug-likeness (QED) is 0.819. The Bertz CT molecular complexity index is 508. The van der Waals surface area contributed by atoms with E-state index in [2.05, 4.69) is 52.0 Å². The zero-order chi connectivity index (χ0) is 11.1. The van der Waals surface area contributed by atoms with Crippen LogP contribution in [0.3, 0.4) is 0 Å². The van der Waals surface area contributed by atoms with E-state index in [9.17, 15) is 0 Å². The Morgan fingerprint density at radius 3 is 2.38 bits per heavy atom. The Balaban J connectivity index is 1.94. The van der Waals surface area contributed by atoms with Crippen LogP contribution < -0.4 is 5.73 Å². The van der Waals surface area contributed by atoms with Crippen LogP contribution in [0.15, 0.2) is 30.5 Å². The monoisotopic (exact) mass is 325 g/mol. The summed E-state index contributed by atoms with van der Waals surface area (Å²) in [7, 11) is 0. The molecule has 82 valence electrons. The number of halogens is 1. The number of benzene rings is 1. The molecular weight excluding hydrogens is 313 g/mol. The van der Waals surface area contributed by atoms with E-state index in [0.29, 0.717) is 6.04 Å². The number of hydrogen-bond donors (Lipinski definition) is 1. The highest BCUT2D eigenvalue weighted by Gasteiger charge is 2.24. The second-order valence-corrected chi connectivity index (χ2v) is 5.32. The molecule has 1 heterocycles. The SMILES string of the molecule is Nc1c(I)cnn1C1Cc2ccccc2C1. The molecule has 0 bridgehead atoms. The lowest BCUT2D eigenvalue weighted by Gasteiger charge is -2.11. The van der Waals surface area contributed by atoms with Crippen LogP contribution in [0, 0.1) is 3.57 Å². The van der Waals surface area contributed by atoms with E-state index in [-0.39, 0.29) is 0 Å². The van der Waals surface area contributed by atoms with Gasteiger partial charge in [0.25, 0.3) is 0 Å². The third-order valence-corrected chi connectivity index (χ3v) is 3.99. The van der Waals surface area contributed by atoms with E-state index in [1.54, 1.807) is 0 Å². The maximum Gasteiger partial charge on any atom is 0.135 e. The van der Waals surface area contributed by atoms with Gasteiger partial charge in [-0.2, -0.15) is 5.10 Å².